The third-order valence-electron chi connectivity index (χ3n) is 6.62. The number of rotatable bonds is 7. The van der Waals surface area contributed by atoms with Crippen molar-refractivity contribution in [3.8, 4) is 5.75 Å². The lowest BCUT2D eigenvalue weighted by molar-refractivity contribution is -0.147. The van der Waals surface area contributed by atoms with Gasteiger partial charge in [0.1, 0.15) is 12.4 Å². The molecule has 0 bridgehead atoms. The zero-order valence-corrected chi connectivity index (χ0v) is 20.2. The smallest absolute Gasteiger partial charge is 0.411 e. The van der Waals surface area contributed by atoms with Crippen molar-refractivity contribution >= 4 is 22.8 Å². The number of nitrogens with zero attached hydrogens (tertiary/aromatic N) is 1. The molecule has 1 aliphatic heterocycles. The number of methoxy groups -OCH3 is 1. The van der Waals surface area contributed by atoms with E-state index in [-0.39, 0.29) is 0 Å². The lowest BCUT2D eigenvalue weighted by Gasteiger charge is -2.29. The number of benzene rings is 4. The van der Waals surface area contributed by atoms with Crippen LogP contribution >= 0.6 is 0 Å². The summed E-state index contributed by atoms with van der Waals surface area (Å²) in [6.45, 7) is 2.35. The van der Waals surface area contributed by atoms with Crippen molar-refractivity contribution in [2.75, 3.05) is 7.11 Å². The Bertz CT molecular complexity index is 1360. The van der Waals surface area contributed by atoms with Gasteiger partial charge in [0, 0.05) is 0 Å². The minimum Gasteiger partial charge on any atom is -0.489 e. The van der Waals surface area contributed by atoms with E-state index >= 15 is 0 Å². The van der Waals surface area contributed by atoms with Crippen molar-refractivity contribution in [1.29, 1.82) is 0 Å². The van der Waals surface area contributed by atoms with Gasteiger partial charge in [0.25, 0.3) is 0 Å². The average Bonchev–Trinajstić information content (AvgIpc) is 3.28. The van der Waals surface area contributed by atoms with Gasteiger partial charge in [0.15, 0.2) is 12.1 Å². The molecule has 182 valence electrons. The van der Waals surface area contributed by atoms with Crippen molar-refractivity contribution in [3.05, 3.63) is 114 Å². The van der Waals surface area contributed by atoms with E-state index in [1.165, 1.54) is 12.0 Å². The van der Waals surface area contributed by atoms with Crippen LogP contribution in [0.3, 0.4) is 0 Å². The molecule has 0 aliphatic carbocycles. The predicted octanol–water partition coefficient (Wildman–Crippen LogP) is 6.21. The molecule has 0 N–H and O–H groups in total. The fraction of sp³-hybridized carbons (Fsp3) is 0.200. The van der Waals surface area contributed by atoms with Crippen molar-refractivity contribution in [1.82, 2.24) is 4.90 Å². The molecular formula is C30H27NO5. The normalized spacial score (nSPS) is 18.1. The lowest BCUT2D eigenvalue weighted by atomic mass is 9.96. The second-order valence-corrected chi connectivity index (χ2v) is 8.77. The van der Waals surface area contributed by atoms with Crippen molar-refractivity contribution in [2.24, 2.45) is 0 Å². The van der Waals surface area contributed by atoms with Crippen LogP contribution in [-0.4, -0.2) is 30.1 Å². The van der Waals surface area contributed by atoms with Gasteiger partial charge in [-0.05, 0) is 46.5 Å². The Morgan fingerprint density at radius 3 is 2.36 bits per heavy atom. The van der Waals surface area contributed by atoms with Gasteiger partial charge in [-0.2, -0.15) is 0 Å². The Hall–Kier alpha value is -4.32. The maximum Gasteiger partial charge on any atom is 0.411 e. The molecule has 5 rings (SSSR count). The lowest BCUT2D eigenvalue weighted by Crippen LogP contribution is -2.42. The van der Waals surface area contributed by atoms with Crippen LogP contribution in [0.25, 0.3) is 10.8 Å². The molecule has 1 amide bonds. The minimum atomic E-state index is -0.924. The van der Waals surface area contributed by atoms with Crippen LogP contribution in [0.4, 0.5) is 4.79 Å². The van der Waals surface area contributed by atoms with Gasteiger partial charge >= 0.3 is 12.1 Å². The van der Waals surface area contributed by atoms with Gasteiger partial charge in [-0.1, -0.05) is 84.9 Å². The first-order valence-corrected chi connectivity index (χ1v) is 11.9. The summed E-state index contributed by atoms with van der Waals surface area (Å²) in [5.41, 5.74) is 2.69. The van der Waals surface area contributed by atoms with E-state index in [0.717, 1.165) is 21.9 Å². The molecule has 6 heteroatoms. The molecule has 1 aliphatic rings. The molecule has 0 saturated carbocycles. The number of carbonyl (C=O) groups is 2. The summed E-state index contributed by atoms with van der Waals surface area (Å²) < 4.78 is 16.8. The van der Waals surface area contributed by atoms with Crippen LogP contribution in [0.15, 0.2) is 97.1 Å². The summed E-state index contributed by atoms with van der Waals surface area (Å²) in [7, 11) is 1.32. The number of carbonyl (C=O) groups excluding carboxylic acids is 2. The number of cyclic esters (lactones) is 1. The number of fused-ring (bicyclic) bond motifs is 1. The first-order valence-electron chi connectivity index (χ1n) is 11.9. The Morgan fingerprint density at radius 2 is 1.61 bits per heavy atom. The SMILES string of the molecule is COC(=O)C1C(c2ccc(OCc3ccccc3)cc2)OC(=O)N1C(C)c1cccc2ccccc12. The van der Waals surface area contributed by atoms with E-state index < -0.39 is 30.3 Å². The first-order chi connectivity index (χ1) is 17.6. The first kappa shape index (κ1) is 23.4. The average molecular weight is 482 g/mol. The molecule has 6 nitrogen and oxygen atoms in total. The highest BCUT2D eigenvalue weighted by molar-refractivity contribution is 5.89. The summed E-state index contributed by atoms with van der Waals surface area (Å²) in [6.07, 6.45) is -1.36. The van der Waals surface area contributed by atoms with Gasteiger partial charge in [-0.3, -0.25) is 4.90 Å². The second kappa shape index (κ2) is 10.1. The summed E-state index contributed by atoms with van der Waals surface area (Å²) in [5.74, 6) is 0.157. The van der Waals surface area contributed by atoms with Crippen LogP contribution < -0.4 is 4.74 Å². The zero-order chi connectivity index (χ0) is 25.1. The van der Waals surface area contributed by atoms with Crippen molar-refractivity contribution in [3.63, 3.8) is 0 Å². The van der Waals surface area contributed by atoms with Crippen LogP contribution in [-0.2, 0) is 20.9 Å². The Kier molecular flexibility index (Phi) is 6.58. The summed E-state index contributed by atoms with van der Waals surface area (Å²) in [6, 6.07) is 29.8. The summed E-state index contributed by atoms with van der Waals surface area (Å²) in [4.78, 5) is 27.6. The molecule has 3 atom stereocenters. The van der Waals surface area contributed by atoms with E-state index in [1.54, 1.807) is 0 Å². The third-order valence-corrected chi connectivity index (χ3v) is 6.62. The molecule has 3 unspecified atom stereocenters. The molecule has 4 aromatic rings. The minimum absolute atomic E-state index is 0.411. The van der Waals surface area contributed by atoms with Gasteiger partial charge in [-0.15, -0.1) is 0 Å². The number of amides is 1. The number of esters is 1. The third kappa shape index (κ3) is 4.50. The second-order valence-electron chi connectivity index (χ2n) is 8.77. The topological polar surface area (TPSA) is 65.1 Å². The highest BCUT2D eigenvalue weighted by atomic mass is 16.6. The van der Waals surface area contributed by atoms with Gasteiger partial charge in [0.05, 0.1) is 13.2 Å². The van der Waals surface area contributed by atoms with Crippen molar-refractivity contribution < 1.29 is 23.8 Å². The quantitative estimate of drug-likeness (QED) is 0.294. The standard InChI is InChI=1S/C30H27NO5/c1-20(25-14-8-12-22-11-6-7-13-26(22)25)31-27(29(32)34-2)28(36-30(31)33)23-15-17-24(18-16-23)35-19-21-9-4-3-5-10-21/h3-18,20,27-28H,19H2,1-2H3. The highest BCUT2D eigenvalue weighted by Gasteiger charge is 2.50. The molecule has 1 saturated heterocycles. The maximum absolute atomic E-state index is 13.1. The molecular weight excluding hydrogens is 454 g/mol. The summed E-state index contributed by atoms with van der Waals surface area (Å²) in [5, 5.41) is 2.08. The summed E-state index contributed by atoms with van der Waals surface area (Å²) >= 11 is 0. The predicted molar refractivity (Wildman–Crippen MR) is 136 cm³/mol. The molecule has 1 heterocycles. The van der Waals surface area contributed by atoms with Gasteiger partial charge in [0.2, 0.25) is 0 Å². The largest absolute Gasteiger partial charge is 0.489 e. The van der Waals surface area contributed by atoms with Crippen LogP contribution in [0.5, 0.6) is 5.75 Å². The van der Waals surface area contributed by atoms with Crippen molar-refractivity contribution in [2.45, 2.75) is 31.7 Å². The van der Waals surface area contributed by atoms with E-state index in [1.807, 2.05) is 104 Å². The highest BCUT2D eigenvalue weighted by Crippen LogP contribution is 2.40. The molecule has 0 radical (unpaired) electrons. The van der Waals surface area contributed by atoms with Gasteiger partial charge < -0.3 is 14.2 Å². The number of hydrogen-bond acceptors (Lipinski definition) is 5. The zero-order valence-electron chi connectivity index (χ0n) is 20.2. The number of hydrogen-bond donors (Lipinski definition) is 0. The molecule has 4 aromatic carbocycles. The van der Waals surface area contributed by atoms with Gasteiger partial charge in [-0.25, -0.2) is 9.59 Å². The Balaban J connectivity index is 1.41. The van der Waals surface area contributed by atoms with E-state index in [4.69, 9.17) is 14.2 Å². The maximum atomic E-state index is 13.1. The fourth-order valence-corrected chi connectivity index (χ4v) is 4.76. The molecule has 1 fully saturated rings. The Morgan fingerprint density at radius 1 is 0.917 bits per heavy atom. The van der Waals surface area contributed by atoms with E-state index in [9.17, 15) is 9.59 Å². The van der Waals surface area contributed by atoms with E-state index in [0.29, 0.717) is 17.9 Å². The number of ether oxygens (including phenoxy) is 3. The molecule has 36 heavy (non-hydrogen) atoms. The van der Waals surface area contributed by atoms with E-state index in [2.05, 4.69) is 0 Å². The fourth-order valence-electron chi connectivity index (χ4n) is 4.76. The molecule has 0 spiro atoms. The van der Waals surface area contributed by atoms with Crippen LogP contribution in [0.1, 0.15) is 35.8 Å². The van der Waals surface area contributed by atoms with Crippen LogP contribution in [0, 0.1) is 0 Å². The van der Waals surface area contributed by atoms with Crippen LogP contribution in [0.2, 0.25) is 0 Å². The molecule has 0 aromatic heterocycles. The Labute approximate surface area is 210 Å². The monoisotopic (exact) mass is 481 g/mol.